The highest BCUT2D eigenvalue weighted by Gasteiger charge is 2.33. The van der Waals surface area contributed by atoms with Gasteiger partial charge in [0.2, 0.25) is 0 Å². The molecular formula is C22H21Cl2N3O3. The Morgan fingerprint density at radius 2 is 1.90 bits per heavy atom. The van der Waals surface area contributed by atoms with Crippen molar-refractivity contribution in [2.24, 2.45) is 0 Å². The quantitative estimate of drug-likeness (QED) is 0.580. The van der Waals surface area contributed by atoms with Crippen molar-refractivity contribution in [3.8, 4) is 11.5 Å². The van der Waals surface area contributed by atoms with Crippen molar-refractivity contribution >= 4 is 34.9 Å². The number of halogens is 2. The van der Waals surface area contributed by atoms with Crippen molar-refractivity contribution in [2.45, 2.75) is 12.6 Å². The molecule has 2 heterocycles. The number of anilines is 1. The summed E-state index contributed by atoms with van der Waals surface area (Å²) in [6, 6.07) is 14.0. The molecule has 0 bridgehead atoms. The molecule has 8 heteroatoms. The highest BCUT2D eigenvalue weighted by atomic mass is 35.5. The van der Waals surface area contributed by atoms with Crippen LogP contribution < -0.4 is 14.8 Å². The average molecular weight is 446 g/mol. The van der Waals surface area contributed by atoms with Gasteiger partial charge in [-0.2, -0.15) is 0 Å². The lowest BCUT2D eigenvalue weighted by atomic mass is 10.00. The van der Waals surface area contributed by atoms with Gasteiger partial charge in [0.25, 0.3) is 0 Å². The standard InChI is InChI=1S/C22H21Cl2N3O3/c1-29-15-6-8-18(20(13-15)30-2)25-22(28)27-11-10-26-9-3-4-19(26)21(27)16-7-5-14(23)12-17(16)24/h3-9,12-13,21H,10-11H2,1-2H3,(H,25,28). The van der Waals surface area contributed by atoms with Crippen LogP contribution >= 0.6 is 23.2 Å². The zero-order chi connectivity index (χ0) is 21.3. The van der Waals surface area contributed by atoms with Crippen LogP contribution in [-0.4, -0.2) is 36.3 Å². The Balaban J connectivity index is 1.69. The van der Waals surface area contributed by atoms with Gasteiger partial charge in [-0.25, -0.2) is 4.79 Å². The van der Waals surface area contributed by atoms with E-state index in [-0.39, 0.29) is 12.1 Å². The lowest BCUT2D eigenvalue weighted by Gasteiger charge is -2.37. The molecule has 0 radical (unpaired) electrons. The Morgan fingerprint density at radius 1 is 1.07 bits per heavy atom. The van der Waals surface area contributed by atoms with Crippen LogP contribution in [0.5, 0.6) is 11.5 Å². The van der Waals surface area contributed by atoms with Gasteiger partial charge in [-0.3, -0.25) is 0 Å². The van der Waals surface area contributed by atoms with E-state index in [1.807, 2.05) is 24.4 Å². The molecule has 2 aromatic carbocycles. The van der Waals surface area contributed by atoms with Crippen molar-refractivity contribution in [1.82, 2.24) is 9.47 Å². The van der Waals surface area contributed by atoms with E-state index in [4.69, 9.17) is 32.7 Å². The molecule has 1 atom stereocenters. The third-order valence-corrected chi connectivity index (χ3v) is 5.77. The highest BCUT2D eigenvalue weighted by molar-refractivity contribution is 6.35. The number of nitrogens with one attached hydrogen (secondary N) is 1. The molecule has 156 valence electrons. The maximum absolute atomic E-state index is 13.3. The van der Waals surface area contributed by atoms with Crippen LogP contribution in [0.1, 0.15) is 17.3 Å². The van der Waals surface area contributed by atoms with Crippen molar-refractivity contribution < 1.29 is 14.3 Å². The van der Waals surface area contributed by atoms with Crippen LogP contribution in [0.2, 0.25) is 10.0 Å². The van der Waals surface area contributed by atoms with Gasteiger partial charge in [0.1, 0.15) is 17.5 Å². The maximum Gasteiger partial charge on any atom is 0.322 e. The van der Waals surface area contributed by atoms with E-state index < -0.39 is 0 Å². The first-order valence-corrected chi connectivity index (χ1v) is 10.2. The molecule has 1 aromatic heterocycles. The minimum absolute atomic E-state index is 0.248. The first-order valence-electron chi connectivity index (χ1n) is 9.41. The minimum Gasteiger partial charge on any atom is -0.497 e. The number of carbonyl (C=O) groups is 1. The maximum atomic E-state index is 13.3. The Labute approximate surface area is 184 Å². The fourth-order valence-corrected chi connectivity index (χ4v) is 4.25. The Bertz CT molecular complexity index is 1080. The number of nitrogens with zero attached hydrogens (tertiary/aromatic N) is 2. The fourth-order valence-electron chi connectivity index (χ4n) is 3.74. The molecule has 2 amide bonds. The Kier molecular flexibility index (Phi) is 5.79. The molecule has 0 saturated heterocycles. The van der Waals surface area contributed by atoms with Gasteiger partial charge in [-0.1, -0.05) is 29.3 Å². The number of methoxy groups -OCH3 is 2. The van der Waals surface area contributed by atoms with Gasteiger partial charge in [-0.05, 0) is 42.0 Å². The molecule has 3 aromatic rings. The van der Waals surface area contributed by atoms with E-state index in [2.05, 4.69) is 9.88 Å². The van der Waals surface area contributed by atoms with Crippen LogP contribution in [0.15, 0.2) is 54.7 Å². The first-order chi connectivity index (χ1) is 14.5. The molecule has 0 spiro atoms. The second-order valence-corrected chi connectivity index (χ2v) is 7.73. The fraction of sp³-hybridized carbons (Fsp3) is 0.227. The third kappa shape index (κ3) is 3.80. The van der Waals surface area contributed by atoms with Gasteiger partial charge in [0.05, 0.1) is 19.9 Å². The lowest BCUT2D eigenvalue weighted by molar-refractivity contribution is 0.182. The summed E-state index contributed by atoms with van der Waals surface area (Å²) in [5.74, 6) is 1.16. The number of ether oxygens (including phenoxy) is 2. The van der Waals surface area contributed by atoms with E-state index in [9.17, 15) is 4.79 Å². The highest BCUT2D eigenvalue weighted by Crippen LogP contribution is 2.38. The predicted octanol–water partition coefficient (Wildman–Crippen LogP) is 5.45. The predicted molar refractivity (Wildman–Crippen MR) is 118 cm³/mol. The van der Waals surface area contributed by atoms with Gasteiger partial charge >= 0.3 is 6.03 Å². The molecule has 30 heavy (non-hydrogen) atoms. The largest absolute Gasteiger partial charge is 0.497 e. The number of hydrogen-bond acceptors (Lipinski definition) is 3. The molecule has 1 aliphatic heterocycles. The molecule has 6 nitrogen and oxygen atoms in total. The number of urea groups is 1. The zero-order valence-corrected chi connectivity index (χ0v) is 18.1. The summed E-state index contributed by atoms with van der Waals surface area (Å²) in [6.45, 7) is 1.22. The molecule has 1 N–H and O–H groups in total. The second kappa shape index (κ2) is 8.50. The normalized spacial score (nSPS) is 15.5. The summed E-state index contributed by atoms with van der Waals surface area (Å²) in [5, 5.41) is 4.03. The van der Waals surface area contributed by atoms with Crippen molar-refractivity contribution in [2.75, 3.05) is 26.1 Å². The molecule has 0 saturated carbocycles. The number of fused-ring (bicyclic) bond motifs is 1. The lowest BCUT2D eigenvalue weighted by Crippen LogP contribution is -2.44. The zero-order valence-electron chi connectivity index (χ0n) is 16.6. The monoisotopic (exact) mass is 445 g/mol. The summed E-state index contributed by atoms with van der Waals surface area (Å²) >= 11 is 12.6. The minimum atomic E-state index is -0.345. The average Bonchev–Trinajstić information content (AvgIpc) is 3.22. The van der Waals surface area contributed by atoms with E-state index in [0.29, 0.717) is 40.3 Å². The number of amides is 2. The summed E-state index contributed by atoms with van der Waals surface area (Å²) < 4.78 is 12.8. The number of hydrogen-bond donors (Lipinski definition) is 1. The first kappa shape index (κ1) is 20.4. The summed E-state index contributed by atoms with van der Waals surface area (Å²) in [5.41, 5.74) is 2.37. The van der Waals surface area contributed by atoms with Gasteiger partial charge in [0, 0.05) is 41.1 Å². The Hall–Kier alpha value is -2.83. The molecule has 0 aliphatic carbocycles. The van der Waals surface area contributed by atoms with Crippen LogP contribution in [0.3, 0.4) is 0 Å². The summed E-state index contributed by atoms with van der Waals surface area (Å²) in [7, 11) is 3.13. The Morgan fingerprint density at radius 3 is 2.63 bits per heavy atom. The van der Waals surface area contributed by atoms with E-state index in [1.165, 1.54) is 0 Å². The van der Waals surface area contributed by atoms with Gasteiger partial charge in [-0.15, -0.1) is 0 Å². The SMILES string of the molecule is COc1ccc(NC(=O)N2CCn3cccc3C2c2ccc(Cl)cc2Cl)c(OC)c1. The molecule has 0 fully saturated rings. The number of rotatable bonds is 4. The molecule has 1 aliphatic rings. The molecular weight excluding hydrogens is 425 g/mol. The van der Waals surface area contributed by atoms with Crippen molar-refractivity contribution in [3.63, 3.8) is 0 Å². The third-order valence-electron chi connectivity index (χ3n) is 5.21. The molecule has 4 rings (SSSR count). The summed E-state index contributed by atoms with van der Waals surface area (Å²) in [6.07, 6.45) is 2.01. The topological polar surface area (TPSA) is 55.7 Å². The van der Waals surface area contributed by atoms with E-state index in [1.54, 1.807) is 49.5 Å². The van der Waals surface area contributed by atoms with Crippen LogP contribution in [0, 0.1) is 0 Å². The van der Waals surface area contributed by atoms with Gasteiger partial charge < -0.3 is 24.3 Å². The van der Waals surface area contributed by atoms with E-state index >= 15 is 0 Å². The number of benzene rings is 2. The van der Waals surface area contributed by atoms with Crippen LogP contribution in [0.25, 0.3) is 0 Å². The smallest absolute Gasteiger partial charge is 0.322 e. The van der Waals surface area contributed by atoms with Crippen LogP contribution in [0.4, 0.5) is 10.5 Å². The second-order valence-electron chi connectivity index (χ2n) is 6.88. The molecule has 1 unspecified atom stereocenters. The number of carbonyl (C=O) groups excluding carboxylic acids is 1. The van der Waals surface area contributed by atoms with Crippen molar-refractivity contribution in [1.29, 1.82) is 0 Å². The van der Waals surface area contributed by atoms with Crippen molar-refractivity contribution in [3.05, 3.63) is 76.0 Å². The summed E-state index contributed by atoms with van der Waals surface area (Å²) in [4.78, 5) is 15.1. The van der Waals surface area contributed by atoms with Gasteiger partial charge in [0.15, 0.2) is 0 Å². The number of aromatic nitrogens is 1. The van der Waals surface area contributed by atoms with E-state index in [0.717, 1.165) is 11.3 Å². The van der Waals surface area contributed by atoms with Crippen LogP contribution in [-0.2, 0) is 6.54 Å².